The number of ether oxygens (including phenoxy) is 1. The first-order valence-electron chi connectivity index (χ1n) is 8.46. The van der Waals surface area contributed by atoms with Crippen molar-refractivity contribution in [3.05, 3.63) is 70.7 Å². The summed E-state index contributed by atoms with van der Waals surface area (Å²) in [6, 6.07) is 9.44. The van der Waals surface area contributed by atoms with Gasteiger partial charge in [0.1, 0.15) is 17.1 Å². The molecule has 1 unspecified atom stereocenters. The standard InChI is InChI=1S/C21H24O5/c1-14(2)11-12-21(26-3)18(24)13-17(23)19(20(21)25)16(22)10-9-15-7-5-4-6-8-15/h4-8,11,13,23,25H,9-10,12H2,1-3H3. The fraction of sp³-hybridized carbons (Fsp3) is 0.333. The third kappa shape index (κ3) is 3.94. The van der Waals surface area contributed by atoms with Gasteiger partial charge in [-0.2, -0.15) is 0 Å². The Balaban J connectivity index is 2.33. The monoisotopic (exact) mass is 356 g/mol. The van der Waals surface area contributed by atoms with Crippen molar-refractivity contribution in [2.24, 2.45) is 0 Å². The third-order valence-corrected chi connectivity index (χ3v) is 4.45. The summed E-state index contributed by atoms with van der Waals surface area (Å²) in [5, 5.41) is 20.8. The minimum Gasteiger partial charge on any atom is -0.508 e. The van der Waals surface area contributed by atoms with Crippen LogP contribution in [0.5, 0.6) is 0 Å². The molecule has 0 saturated heterocycles. The molecule has 138 valence electrons. The zero-order chi connectivity index (χ0) is 19.3. The van der Waals surface area contributed by atoms with Crippen LogP contribution in [0.25, 0.3) is 0 Å². The average molecular weight is 356 g/mol. The zero-order valence-corrected chi connectivity index (χ0v) is 15.3. The fourth-order valence-electron chi connectivity index (χ4n) is 2.88. The van der Waals surface area contributed by atoms with Gasteiger partial charge in [-0.15, -0.1) is 0 Å². The molecule has 0 aliphatic heterocycles. The molecular weight excluding hydrogens is 332 g/mol. The van der Waals surface area contributed by atoms with E-state index in [9.17, 15) is 19.8 Å². The van der Waals surface area contributed by atoms with Crippen LogP contribution in [0, 0.1) is 0 Å². The molecule has 2 rings (SSSR count). The van der Waals surface area contributed by atoms with E-state index in [0.717, 1.165) is 17.2 Å². The van der Waals surface area contributed by atoms with Crippen molar-refractivity contribution in [1.29, 1.82) is 0 Å². The number of methoxy groups -OCH3 is 1. The quantitative estimate of drug-likeness (QED) is 0.727. The average Bonchev–Trinajstić information content (AvgIpc) is 2.61. The van der Waals surface area contributed by atoms with Crippen molar-refractivity contribution in [3.63, 3.8) is 0 Å². The summed E-state index contributed by atoms with van der Waals surface area (Å²) in [5.41, 5.74) is -0.0116. The number of hydrogen-bond donors (Lipinski definition) is 2. The van der Waals surface area contributed by atoms with Crippen molar-refractivity contribution in [2.75, 3.05) is 7.11 Å². The Morgan fingerprint density at radius 3 is 2.42 bits per heavy atom. The molecule has 0 spiro atoms. The lowest BCUT2D eigenvalue weighted by atomic mass is 9.81. The number of hydrogen-bond acceptors (Lipinski definition) is 5. The van der Waals surface area contributed by atoms with Gasteiger partial charge in [-0.3, -0.25) is 9.59 Å². The molecule has 0 heterocycles. The summed E-state index contributed by atoms with van der Waals surface area (Å²) in [7, 11) is 1.30. The fourth-order valence-corrected chi connectivity index (χ4v) is 2.88. The summed E-state index contributed by atoms with van der Waals surface area (Å²) in [6.07, 6.45) is 3.34. The second kappa shape index (κ2) is 8.15. The first-order valence-corrected chi connectivity index (χ1v) is 8.46. The lowest BCUT2D eigenvalue weighted by Crippen LogP contribution is -2.45. The Morgan fingerprint density at radius 2 is 1.85 bits per heavy atom. The maximum Gasteiger partial charge on any atom is 0.199 e. The van der Waals surface area contributed by atoms with Crippen LogP contribution in [0.2, 0.25) is 0 Å². The van der Waals surface area contributed by atoms with Gasteiger partial charge in [0.2, 0.25) is 0 Å². The normalized spacial score (nSPS) is 20.0. The molecule has 0 fully saturated rings. The second-order valence-corrected chi connectivity index (χ2v) is 6.54. The number of aliphatic hydroxyl groups excluding tert-OH is 2. The van der Waals surface area contributed by atoms with Crippen LogP contribution in [-0.4, -0.2) is 34.5 Å². The molecule has 1 aromatic carbocycles. The topological polar surface area (TPSA) is 83.8 Å². The van der Waals surface area contributed by atoms with Crippen molar-refractivity contribution in [3.8, 4) is 0 Å². The summed E-state index contributed by atoms with van der Waals surface area (Å²) in [6.45, 7) is 3.72. The van der Waals surface area contributed by atoms with Crippen molar-refractivity contribution in [2.45, 2.75) is 38.7 Å². The Hall–Kier alpha value is -2.66. The van der Waals surface area contributed by atoms with Crippen LogP contribution in [0.3, 0.4) is 0 Å². The number of rotatable bonds is 7. The predicted molar refractivity (Wildman–Crippen MR) is 98.9 cm³/mol. The zero-order valence-electron chi connectivity index (χ0n) is 15.3. The number of ketones is 2. The van der Waals surface area contributed by atoms with E-state index in [-0.39, 0.29) is 18.4 Å². The minimum atomic E-state index is -1.68. The number of Topliss-reactive ketones (excluding diaryl/α,β-unsaturated/α-hetero) is 1. The van der Waals surface area contributed by atoms with E-state index in [0.29, 0.717) is 6.42 Å². The largest absolute Gasteiger partial charge is 0.508 e. The molecule has 1 aromatic rings. The van der Waals surface area contributed by atoms with E-state index in [1.807, 2.05) is 44.2 Å². The van der Waals surface area contributed by atoms with Gasteiger partial charge in [0.05, 0.1) is 0 Å². The number of carbonyl (C=O) groups is 2. The van der Waals surface area contributed by atoms with E-state index < -0.39 is 28.7 Å². The number of benzene rings is 1. The lowest BCUT2D eigenvalue weighted by Gasteiger charge is -2.32. The number of aliphatic hydroxyl groups is 2. The molecule has 0 radical (unpaired) electrons. The maximum atomic E-state index is 12.6. The molecule has 1 atom stereocenters. The Kier molecular flexibility index (Phi) is 6.16. The smallest absolute Gasteiger partial charge is 0.199 e. The van der Waals surface area contributed by atoms with Crippen LogP contribution in [0.1, 0.15) is 32.3 Å². The molecule has 1 aliphatic rings. The first kappa shape index (κ1) is 19.7. The number of allylic oxidation sites excluding steroid dienone is 2. The van der Waals surface area contributed by atoms with Gasteiger partial charge < -0.3 is 14.9 Å². The first-order chi connectivity index (χ1) is 12.3. The minimum absolute atomic E-state index is 0.0791. The molecule has 2 N–H and O–H groups in total. The molecular formula is C21H24O5. The highest BCUT2D eigenvalue weighted by Crippen LogP contribution is 2.35. The molecule has 0 aromatic heterocycles. The molecule has 0 amide bonds. The number of carbonyl (C=O) groups excluding carboxylic acids is 2. The Morgan fingerprint density at radius 1 is 1.19 bits per heavy atom. The van der Waals surface area contributed by atoms with Crippen molar-refractivity contribution in [1.82, 2.24) is 0 Å². The van der Waals surface area contributed by atoms with Gasteiger partial charge in [-0.1, -0.05) is 42.0 Å². The van der Waals surface area contributed by atoms with E-state index >= 15 is 0 Å². The van der Waals surface area contributed by atoms with Gasteiger partial charge in [0.15, 0.2) is 17.2 Å². The summed E-state index contributed by atoms with van der Waals surface area (Å²) >= 11 is 0. The number of aryl methyl sites for hydroxylation is 1. The third-order valence-electron chi connectivity index (χ3n) is 4.45. The molecule has 0 bridgehead atoms. The highest BCUT2D eigenvalue weighted by molar-refractivity contribution is 6.09. The van der Waals surface area contributed by atoms with Crippen LogP contribution in [0.15, 0.2) is 65.1 Å². The van der Waals surface area contributed by atoms with E-state index in [4.69, 9.17) is 4.74 Å². The summed E-state index contributed by atoms with van der Waals surface area (Å²) in [5.74, 6) is -2.07. The molecule has 0 saturated carbocycles. The van der Waals surface area contributed by atoms with Crippen LogP contribution in [-0.2, 0) is 20.7 Å². The van der Waals surface area contributed by atoms with E-state index in [1.54, 1.807) is 6.08 Å². The second-order valence-electron chi connectivity index (χ2n) is 6.54. The van der Waals surface area contributed by atoms with Crippen LogP contribution < -0.4 is 0 Å². The van der Waals surface area contributed by atoms with E-state index in [1.165, 1.54) is 7.11 Å². The summed E-state index contributed by atoms with van der Waals surface area (Å²) in [4.78, 5) is 25.1. The highest BCUT2D eigenvalue weighted by Gasteiger charge is 2.47. The molecule has 5 heteroatoms. The Bertz CT molecular complexity index is 782. The molecule has 5 nitrogen and oxygen atoms in total. The van der Waals surface area contributed by atoms with Gasteiger partial charge in [0.25, 0.3) is 0 Å². The summed E-state index contributed by atoms with van der Waals surface area (Å²) < 4.78 is 5.34. The van der Waals surface area contributed by atoms with E-state index in [2.05, 4.69) is 0 Å². The van der Waals surface area contributed by atoms with Crippen LogP contribution >= 0.6 is 0 Å². The maximum absolute atomic E-state index is 12.6. The van der Waals surface area contributed by atoms with Gasteiger partial charge in [0, 0.05) is 26.0 Å². The van der Waals surface area contributed by atoms with Gasteiger partial charge in [-0.25, -0.2) is 0 Å². The highest BCUT2D eigenvalue weighted by atomic mass is 16.5. The Labute approximate surface area is 153 Å². The SMILES string of the molecule is COC1(CC=C(C)C)C(=O)C=C(O)C(C(=O)CCc2ccccc2)=C1O. The lowest BCUT2D eigenvalue weighted by molar-refractivity contribution is -0.135. The molecule has 26 heavy (non-hydrogen) atoms. The van der Waals surface area contributed by atoms with Gasteiger partial charge >= 0.3 is 0 Å². The predicted octanol–water partition coefficient (Wildman–Crippen LogP) is 3.77. The van der Waals surface area contributed by atoms with Crippen molar-refractivity contribution >= 4 is 11.6 Å². The van der Waals surface area contributed by atoms with Crippen LogP contribution in [0.4, 0.5) is 0 Å². The van der Waals surface area contributed by atoms with Gasteiger partial charge in [-0.05, 0) is 25.8 Å². The van der Waals surface area contributed by atoms with Crippen molar-refractivity contribution < 1.29 is 24.5 Å². The molecule has 1 aliphatic carbocycles.